The van der Waals surface area contributed by atoms with E-state index in [1.165, 1.54) is 47.6 Å². The first-order valence-electron chi connectivity index (χ1n) is 9.05. The van der Waals surface area contributed by atoms with Crippen LogP contribution in [0.1, 0.15) is 22.7 Å². The van der Waals surface area contributed by atoms with Crippen molar-refractivity contribution < 1.29 is 19.1 Å². The first-order valence-corrected chi connectivity index (χ1v) is 9.05. The number of halogens is 1. The van der Waals surface area contributed by atoms with Crippen molar-refractivity contribution in [1.82, 2.24) is 9.88 Å². The number of benzene rings is 2. The van der Waals surface area contributed by atoms with E-state index in [2.05, 4.69) is 4.98 Å². The summed E-state index contributed by atoms with van der Waals surface area (Å²) < 4.78 is 14.7. The van der Waals surface area contributed by atoms with Gasteiger partial charge < -0.3 is 10.0 Å². The second kappa shape index (κ2) is 7.67. The third-order valence-corrected chi connectivity index (χ3v) is 4.89. The lowest BCUT2D eigenvalue weighted by Gasteiger charge is -2.25. The molecule has 0 bridgehead atoms. The van der Waals surface area contributed by atoms with Gasteiger partial charge in [0.25, 0.3) is 11.7 Å². The summed E-state index contributed by atoms with van der Waals surface area (Å²) >= 11 is 0. The van der Waals surface area contributed by atoms with Crippen LogP contribution in [0.15, 0.2) is 84.7 Å². The summed E-state index contributed by atoms with van der Waals surface area (Å²) in [4.78, 5) is 30.9. The van der Waals surface area contributed by atoms with Crippen LogP contribution in [0.4, 0.5) is 4.39 Å². The lowest BCUT2D eigenvalue weighted by Crippen LogP contribution is -2.29. The Bertz CT molecular complexity index is 1100. The normalized spacial score (nSPS) is 18.2. The van der Waals surface area contributed by atoms with E-state index >= 15 is 0 Å². The fourth-order valence-corrected chi connectivity index (χ4v) is 3.51. The van der Waals surface area contributed by atoms with Gasteiger partial charge in [-0.3, -0.25) is 14.6 Å². The zero-order valence-corrected chi connectivity index (χ0v) is 15.3. The monoisotopic (exact) mass is 388 g/mol. The van der Waals surface area contributed by atoms with Crippen LogP contribution in [-0.4, -0.2) is 26.7 Å². The fourth-order valence-electron chi connectivity index (χ4n) is 3.51. The molecule has 29 heavy (non-hydrogen) atoms. The molecule has 1 atom stereocenters. The van der Waals surface area contributed by atoms with Gasteiger partial charge in [-0.25, -0.2) is 4.39 Å². The maximum atomic E-state index is 14.7. The first kappa shape index (κ1) is 18.6. The topological polar surface area (TPSA) is 70.5 Å². The Morgan fingerprint density at radius 1 is 0.966 bits per heavy atom. The standard InChI is InChI=1S/C23H17FN2O3/c24-18-9-5-4-8-17(18)20-19(21(27)16-10-12-25-13-11-16)22(28)23(29)26(20)14-15-6-2-1-3-7-15/h1-13,20,27H,14H2. The highest BCUT2D eigenvalue weighted by Gasteiger charge is 2.46. The minimum absolute atomic E-state index is 0.109. The van der Waals surface area contributed by atoms with Gasteiger partial charge in [-0.2, -0.15) is 0 Å². The third kappa shape index (κ3) is 3.40. The summed E-state index contributed by atoms with van der Waals surface area (Å²) in [6, 6.07) is 17.1. The average molecular weight is 388 g/mol. The maximum Gasteiger partial charge on any atom is 0.295 e. The van der Waals surface area contributed by atoms with Crippen LogP contribution >= 0.6 is 0 Å². The number of aromatic nitrogens is 1. The summed E-state index contributed by atoms with van der Waals surface area (Å²) in [7, 11) is 0. The quantitative estimate of drug-likeness (QED) is 0.419. The summed E-state index contributed by atoms with van der Waals surface area (Å²) in [5, 5.41) is 10.8. The van der Waals surface area contributed by atoms with Gasteiger partial charge in [-0.05, 0) is 23.8 Å². The summed E-state index contributed by atoms with van der Waals surface area (Å²) in [5.41, 5.74) is 1.14. The number of rotatable bonds is 4. The molecule has 1 aliphatic heterocycles. The van der Waals surface area contributed by atoms with E-state index in [9.17, 15) is 19.1 Å². The molecule has 1 fully saturated rings. The molecule has 0 aliphatic carbocycles. The number of aliphatic hydroxyl groups excluding tert-OH is 1. The number of aliphatic hydroxyl groups is 1. The molecule has 0 saturated carbocycles. The maximum absolute atomic E-state index is 14.7. The minimum atomic E-state index is -1.04. The number of carbonyl (C=O) groups excluding carboxylic acids is 2. The van der Waals surface area contributed by atoms with E-state index in [1.54, 1.807) is 6.07 Å². The van der Waals surface area contributed by atoms with E-state index in [0.29, 0.717) is 5.56 Å². The summed E-state index contributed by atoms with van der Waals surface area (Å²) in [5.74, 6) is -2.53. The molecule has 1 unspecified atom stereocenters. The molecule has 5 nitrogen and oxygen atoms in total. The minimum Gasteiger partial charge on any atom is -0.507 e. The Kier molecular flexibility index (Phi) is 4.91. The molecule has 1 saturated heterocycles. The number of likely N-dealkylation sites (tertiary alicyclic amines) is 1. The third-order valence-electron chi connectivity index (χ3n) is 4.89. The van der Waals surface area contributed by atoms with Gasteiger partial charge >= 0.3 is 0 Å². The summed E-state index contributed by atoms with van der Waals surface area (Å²) in [6.45, 7) is 0.109. The van der Waals surface area contributed by atoms with Gasteiger partial charge in [-0.15, -0.1) is 0 Å². The van der Waals surface area contributed by atoms with E-state index in [0.717, 1.165) is 5.56 Å². The second-order valence-electron chi connectivity index (χ2n) is 6.67. The number of hydrogen-bond donors (Lipinski definition) is 1. The largest absolute Gasteiger partial charge is 0.507 e. The SMILES string of the molecule is O=C1C(=O)N(Cc2ccccc2)C(c2ccccc2F)C1=C(O)c1ccncc1. The van der Waals surface area contributed by atoms with Gasteiger partial charge in [0.15, 0.2) is 0 Å². The average Bonchev–Trinajstić information content (AvgIpc) is 3.00. The van der Waals surface area contributed by atoms with Crippen molar-refractivity contribution in [2.24, 2.45) is 0 Å². The lowest BCUT2D eigenvalue weighted by molar-refractivity contribution is -0.140. The molecule has 2 aromatic carbocycles. The molecular weight excluding hydrogens is 371 g/mol. The highest BCUT2D eigenvalue weighted by atomic mass is 19.1. The number of nitrogens with zero attached hydrogens (tertiary/aromatic N) is 2. The van der Waals surface area contributed by atoms with Gasteiger partial charge in [-0.1, -0.05) is 48.5 Å². The Balaban J connectivity index is 1.89. The Morgan fingerprint density at radius 2 is 1.62 bits per heavy atom. The molecule has 144 valence electrons. The van der Waals surface area contributed by atoms with Crippen LogP contribution in [0.3, 0.4) is 0 Å². The highest BCUT2D eigenvalue weighted by molar-refractivity contribution is 6.46. The molecule has 1 N–H and O–H groups in total. The number of Topliss-reactive ketones (excluding diaryl/α,β-unsaturated/α-hetero) is 1. The van der Waals surface area contributed by atoms with Crippen molar-refractivity contribution in [1.29, 1.82) is 0 Å². The Hall–Kier alpha value is -3.80. The molecule has 0 spiro atoms. The van der Waals surface area contributed by atoms with Crippen molar-refractivity contribution in [3.63, 3.8) is 0 Å². The number of hydrogen-bond acceptors (Lipinski definition) is 4. The van der Waals surface area contributed by atoms with Crippen molar-refractivity contribution in [3.8, 4) is 0 Å². The molecule has 1 aromatic heterocycles. The number of amides is 1. The predicted octanol–water partition coefficient (Wildman–Crippen LogP) is 3.84. The molecule has 1 amide bonds. The van der Waals surface area contributed by atoms with E-state index in [-0.39, 0.29) is 23.4 Å². The van der Waals surface area contributed by atoms with E-state index < -0.39 is 23.5 Å². The second-order valence-corrected chi connectivity index (χ2v) is 6.67. The van der Waals surface area contributed by atoms with E-state index in [4.69, 9.17) is 0 Å². The van der Waals surface area contributed by atoms with Crippen LogP contribution in [0.2, 0.25) is 0 Å². The highest BCUT2D eigenvalue weighted by Crippen LogP contribution is 2.40. The molecule has 1 aliphatic rings. The fraction of sp³-hybridized carbons (Fsp3) is 0.0870. The zero-order valence-electron chi connectivity index (χ0n) is 15.3. The number of pyridine rings is 1. The smallest absolute Gasteiger partial charge is 0.295 e. The molecule has 0 radical (unpaired) electrons. The Morgan fingerprint density at radius 3 is 2.31 bits per heavy atom. The van der Waals surface area contributed by atoms with Crippen LogP contribution < -0.4 is 0 Å². The number of carbonyl (C=O) groups is 2. The van der Waals surface area contributed by atoms with Crippen LogP contribution in [0.25, 0.3) is 5.76 Å². The van der Waals surface area contributed by atoms with Gasteiger partial charge in [0.1, 0.15) is 11.6 Å². The molecule has 6 heteroatoms. The van der Waals surface area contributed by atoms with Crippen LogP contribution in [0, 0.1) is 5.82 Å². The first-order chi connectivity index (χ1) is 14.1. The van der Waals surface area contributed by atoms with Crippen molar-refractivity contribution in [3.05, 3.63) is 107 Å². The molecule has 3 aromatic rings. The predicted molar refractivity (Wildman–Crippen MR) is 105 cm³/mol. The molecule has 4 rings (SSSR count). The van der Waals surface area contributed by atoms with Crippen LogP contribution in [-0.2, 0) is 16.1 Å². The molecular formula is C23H17FN2O3. The van der Waals surface area contributed by atoms with Crippen LogP contribution in [0.5, 0.6) is 0 Å². The van der Waals surface area contributed by atoms with Crippen molar-refractivity contribution >= 4 is 17.4 Å². The Labute approximate surface area is 166 Å². The zero-order chi connectivity index (χ0) is 20.4. The number of ketones is 1. The van der Waals surface area contributed by atoms with E-state index in [1.807, 2.05) is 30.3 Å². The van der Waals surface area contributed by atoms with Gasteiger partial charge in [0.05, 0.1) is 11.6 Å². The van der Waals surface area contributed by atoms with Crippen molar-refractivity contribution in [2.45, 2.75) is 12.6 Å². The van der Waals surface area contributed by atoms with Crippen molar-refractivity contribution in [2.75, 3.05) is 0 Å². The lowest BCUT2D eigenvalue weighted by atomic mass is 9.95. The summed E-state index contributed by atoms with van der Waals surface area (Å²) in [6.07, 6.45) is 2.93. The van der Waals surface area contributed by atoms with Gasteiger partial charge in [0.2, 0.25) is 0 Å². The van der Waals surface area contributed by atoms with Gasteiger partial charge in [0, 0.05) is 30.1 Å². The molecule has 2 heterocycles.